The Balaban J connectivity index is 2.20. The van der Waals surface area contributed by atoms with Gasteiger partial charge in [0.25, 0.3) is 5.56 Å². The van der Waals surface area contributed by atoms with Gasteiger partial charge in [-0.3, -0.25) is 9.36 Å². The minimum absolute atomic E-state index is 0.0368. The van der Waals surface area contributed by atoms with Gasteiger partial charge in [-0.15, -0.1) is 11.8 Å². The topological polar surface area (TPSA) is 77.5 Å². The fourth-order valence-corrected chi connectivity index (χ4v) is 2.36. The van der Waals surface area contributed by atoms with Crippen molar-refractivity contribution in [2.75, 3.05) is 18.1 Å². The first-order valence-corrected chi connectivity index (χ1v) is 5.61. The summed E-state index contributed by atoms with van der Waals surface area (Å²) < 4.78 is 6.94. The highest BCUT2D eigenvalue weighted by Gasteiger charge is 2.26. The summed E-state index contributed by atoms with van der Waals surface area (Å²) in [5.74, 6) is 0.662. The molecule has 1 aromatic heterocycles. The zero-order valence-corrected chi connectivity index (χ0v) is 8.81. The lowest BCUT2D eigenvalue weighted by molar-refractivity contribution is -0.00561. The van der Waals surface area contributed by atoms with Gasteiger partial charge in [-0.1, -0.05) is 0 Å². The molecule has 1 saturated heterocycles. The molecular formula is C9H12N2O3S. The molecule has 0 unspecified atom stereocenters. The molecule has 1 aliphatic rings. The van der Waals surface area contributed by atoms with E-state index in [9.17, 15) is 4.79 Å². The van der Waals surface area contributed by atoms with Crippen molar-refractivity contribution in [3.63, 3.8) is 0 Å². The molecule has 6 heteroatoms. The van der Waals surface area contributed by atoms with E-state index in [0.29, 0.717) is 11.4 Å². The number of aromatic nitrogens is 1. The van der Waals surface area contributed by atoms with Gasteiger partial charge in [0.05, 0.1) is 6.61 Å². The normalized spacial score (nSPS) is 25.7. The third-order valence-corrected chi connectivity index (χ3v) is 3.27. The highest BCUT2D eigenvalue weighted by Crippen LogP contribution is 2.30. The second-order valence-electron chi connectivity index (χ2n) is 3.24. The number of hydrogen-bond donors (Lipinski definition) is 2. The van der Waals surface area contributed by atoms with Gasteiger partial charge < -0.3 is 15.6 Å². The molecule has 2 atom stereocenters. The van der Waals surface area contributed by atoms with Crippen molar-refractivity contribution >= 4 is 17.4 Å². The number of anilines is 1. The summed E-state index contributed by atoms with van der Waals surface area (Å²) in [4.78, 5) is 11.6. The maximum Gasteiger partial charge on any atom is 0.254 e. The molecule has 0 amide bonds. The highest BCUT2D eigenvalue weighted by molar-refractivity contribution is 8.00. The van der Waals surface area contributed by atoms with Crippen LogP contribution < -0.4 is 11.3 Å². The van der Waals surface area contributed by atoms with E-state index in [1.807, 2.05) is 0 Å². The Kier molecular flexibility index (Phi) is 2.99. The van der Waals surface area contributed by atoms with Crippen LogP contribution >= 0.6 is 11.8 Å². The summed E-state index contributed by atoms with van der Waals surface area (Å²) in [7, 11) is 0. The molecule has 3 N–H and O–H groups in total. The van der Waals surface area contributed by atoms with Crippen molar-refractivity contribution in [2.24, 2.45) is 0 Å². The zero-order chi connectivity index (χ0) is 10.8. The van der Waals surface area contributed by atoms with Gasteiger partial charge >= 0.3 is 0 Å². The minimum Gasteiger partial charge on any atom is -0.399 e. The van der Waals surface area contributed by atoms with E-state index in [-0.39, 0.29) is 23.8 Å². The van der Waals surface area contributed by atoms with Crippen LogP contribution in [0.25, 0.3) is 0 Å². The zero-order valence-electron chi connectivity index (χ0n) is 8.00. The lowest BCUT2D eigenvalue weighted by atomic mass is 10.4. The predicted molar refractivity (Wildman–Crippen MR) is 58.6 cm³/mol. The molecule has 2 rings (SSSR count). The van der Waals surface area contributed by atoms with E-state index in [2.05, 4.69) is 0 Å². The number of pyridine rings is 1. The van der Waals surface area contributed by atoms with Crippen LogP contribution in [-0.2, 0) is 4.74 Å². The second kappa shape index (κ2) is 4.26. The fraction of sp³-hybridized carbons (Fsp3) is 0.444. The first-order valence-electron chi connectivity index (χ1n) is 4.56. The van der Waals surface area contributed by atoms with E-state index in [1.165, 1.54) is 22.4 Å². The van der Waals surface area contributed by atoms with Crippen LogP contribution in [0.4, 0.5) is 5.69 Å². The summed E-state index contributed by atoms with van der Waals surface area (Å²) in [5.41, 5.74) is 5.51. The Hall–Kier alpha value is -0.980. The van der Waals surface area contributed by atoms with Crippen molar-refractivity contribution < 1.29 is 9.84 Å². The van der Waals surface area contributed by atoms with Gasteiger partial charge in [-0.25, -0.2) is 0 Å². The largest absolute Gasteiger partial charge is 0.399 e. The Morgan fingerprint density at radius 3 is 3.13 bits per heavy atom. The molecule has 0 radical (unpaired) electrons. The average Bonchev–Trinajstić information content (AvgIpc) is 2.66. The number of ether oxygens (including phenoxy) is 1. The van der Waals surface area contributed by atoms with E-state index < -0.39 is 0 Å². The van der Waals surface area contributed by atoms with Crippen molar-refractivity contribution in [2.45, 2.75) is 11.7 Å². The molecule has 0 bridgehead atoms. The van der Waals surface area contributed by atoms with E-state index in [0.717, 1.165) is 0 Å². The Morgan fingerprint density at radius 1 is 1.73 bits per heavy atom. The van der Waals surface area contributed by atoms with Crippen LogP contribution in [0.2, 0.25) is 0 Å². The molecule has 0 spiro atoms. The number of rotatable bonds is 2. The van der Waals surface area contributed by atoms with Gasteiger partial charge in [-0.05, 0) is 6.07 Å². The fourth-order valence-electron chi connectivity index (χ4n) is 1.43. The number of aliphatic hydroxyl groups excluding tert-OH is 1. The average molecular weight is 228 g/mol. The third kappa shape index (κ3) is 2.17. The van der Waals surface area contributed by atoms with Crippen LogP contribution in [0.3, 0.4) is 0 Å². The molecule has 1 fully saturated rings. The van der Waals surface area contributed by atoms with Gasteiger partial charge in [0.1, 0.15) is 11.7 Å². The van der Waals surface area contributed by atoms with Crippen LogP contribution in [-0.4, -0.2) is 27.5 Å². The molecule has 2 heterocycles. The van der Waals surface area contributed by atoms with Gasteiger partial charge in [0.15, 0.2) is 0 Å². The first-order chi connectivity index (χ1) is 7.20. The maximum absolute atomic E-state index is 11.6. The second-order valence-corrected chi connectivity index (χ2v) is 4.43. The van der Waals surface area contributed by atoms with Gasteiger partial charge in [0.2, 0.25) is 0 Å². The lowest BCUT2D eigenvalue weighted by Gasteiger charge is -2.13. The number of thioether (sulfide) groups is 1. The number of nitrogens with zero attached hydrogens (tertiary/aromatic N) is 1. The summed E-state index contributed by atoms with van der Waals surface area (Å²) in [5, 5.41) is 8.89. The van der Waals surface area contributed by atoms with E-state index >= 15 is 0 Å². The SMILES string of the molecule is Nc1ccn([C@@H]2CS[C@H](CO)O2)c(=O)c1. The van der Waals surface area contributed by atoms with Crippen LogP contribution in [0.15, 0.2) is 23.1 Å². The van der Waals surface area contributed by atoms with Gasteiger partial charge in [-0.2, -0.15) is 0 Å². The van der Waals surface area contributed by atoms with E-state index in [4.69, 9.17) is 15.6 Å². The molecule has 0 aliphatic carbocycles. The van der Waals surface area contributed by atoms with Crippen LogP contribution in [0, 0.1) is 0 Å². The van der Waals surface area contributed by atoms with E-state index in [1.54, 1.807) is 12.3 Å². The summed E-state index contributed by atoms with van der Waals surface area (Å²) in [6, 6.07) is 3.02. The molecule has 0 aromatic carbocycles. The van der Waals surface area contributed by atoms with Crippen molar-refractivity contribution in [3.05, 3.63) is 28.7 Å². The quantitative estimate of drug-likeness (QED) is 0.745. The van der Waals surface area contributed by atoms with Crippen LogP contribution in [0.5, 0.6) is 0 Å². The van der Waals surface area contributed by atoms with Crippen LogP contribution in [0.1, 0.15) is 6.23 Å². The predicted octanol–water partition coefficient (Wildman–Crippen LogP) is 0.0109. The third-order valence-electron chi connectivity index (χ3n) is 2.17. The molecule has 82 valence electrons. The van der Waals surface area contributed by atoms with Gasteiger partial charge in [0, 0.05) is 23.7 Å². The van der Waals surface area contributed by atoms with Crippen molar-refractivity contribution in [3.8, 4) is 0 Å². The number of aliphatic hydroxyl groups is 1. The summed E-state index contributed by atoms with van der Waals surface area (Å²) in [6.07, 6.45) is 1.31. The molecule has 5 nitrogen and oxygen atoms in total. The summed E-state index contributed by atoms with van der Waals surface area (Å²) >= 11 is 1.50. The number of nitrogens with two attached hydrogens (primary N) is 1. The first kappa shape index (κ1) is 10.5. The minimum atomic E-state index is -0.305. The Bertz CT molecular complexity index is 407. The number of nitrogen functional groups attached to an aromatic ring is 1. The lowest BCUT2D eigenvalue weighted by Crippen LogP contribution is -2.25. The van der Waals surface area contributed by atoms with Crippen molar-refractivity contribution in [1.82, 2.24) is 4.57 Å². The molecular weight excluding hydrogens is 216 g/mol. The molecule has 1 aliphatic heterocycles. The number of hydrogen-bond acceptors (Lipinski definition) is 5. The molecule has 1 aromatic rings. The maximum atomic E-state index is 11.6. The standard InChI is InChI=1S/C9H12N2O3S/c10-6-1-2-11(7(13)3-6)8-5-15-9(4-12)14-8/h1-3,8-9,12H,4-5,10H2/t8-,9+/m0/s1. The Morgan fingerprint density at radius 2 is 2.53 bits per heavy atom. The highest BCUT2D eigenvalue weighted by atomic mass is 32.2. The summed E-state index contributed by atoms with van der Waals surface area (Å²) in [6.45, 7) is -0.0368. The Labute approximate surface area is 90.8 Å². The van der Waals surface area contributed by atoms with Crippen molar-refractivity contribution in [1.29, 1.82) is 0 Å². The molecule has 0 saturated carbocycles. The monoisotopic (exact) mass is 228 g/mol. The molecule has 15 heavy (non-hydrogen) atoms. The smallest absolute Gasteiger partial charge is 0.254 e.